The largest absolute Gasteiger partial charge is 0.494 e. The number of carbonyl (C=O) groups excluding carboxylic acids is 1. The van der Waals surface area contributed by atoms with E-state index in [2.05, 4.69) is 18.9 Å². The molecule has 150 valence electrons. The van der Waals surface area contributed by atoms with Crippen molar-refractivity contribution in [3.63, 3.8) is 0 Å². The first-order valence-electron chi connectivity index (χ1n) is 9.94. The van der Waals surface area contributed by atoms with Crippen LogP contribution < -0.4 is 10.3 Å². The molecule has 0 radical (unpaired) electrons. The normalized spacial score (nSPS) is 19.3. The lowest BCUT2D eigenvalue weighted by molar-refractivity contribution is 0.0617. The Morgan fingerprint density at radius 2 is 1.62 bits per heavy atom. The van der Waals surface area contributed by atoms with Gasteiger partial charge in [0.05, 0.1) is 12.5 Å². The number of para-hydroxylation sites is 2. The smallest absolute Gasteiger partial charge is 0.279 e. The summed E-state index contributed by atoms with van der Waals surface area (Å²) in [5.74, 6) is 1.27. The summed E-state index contributed by atoms with van der Waals surface area (Å²) in [7, 11) is 1.55. The molecule has 6 nitrogen and oxygen atoms in total. The first-order chi connectivity index (χ1) is 14.0. The highest BCUT2D eigenvalue weighted by Gasteiger charge is 2.29. The lowest BCUT2D eigenvalue weighted by Crippen LogP contribution is -2.43. The molecule has 2 heterocycles. The highest BCUT2D eigenvalue weighted by atomic mass is 16.5. The monoisotopic (exact) mass is 391 g/mol. The van der Waals surface area contributed by atoms with Gasteiger partial charge in [0, 0.05) is 18.5 Å². The Kier molecular flexibility index (Phi) is 5.09. The molecule has 0 aliphatic carbocycles. The number of rotatable bonds is 3. The molecule has 0 spiro atoms. The lowest BCUT2D eigenvalue weighted by Gasteiger charge is -2.35. The van der Waals surface area contributed by atoms with Crippen molar-refractivity contribution in [3.05, 3.63) is 64.6 Å². The predicted molar refractivity (Wildman–Crippen MR) is 113 cm³/mol. The van der Waals surface area contributed by atoms with E-state index in [9.17, 15) is 9.59 Å². The third-order valence-electron chi connectivity index (χ3n) is 5.48. The number of aromatic nitrogens is 2. The van der Waals surface area contributed by atoms with Crippen molar-refractivity contribution in [2.75, 3.05) is 20.2 Å². The van der Waals surface area contributed by atoms with Crippen molar-refractivity contribution >= 4 is 16.7 Å². The number of hydrogen-bond donors (Lipinski definition) is 0. The topological polar surface area (TPSA) is 64.4 Å². The van der Waals surface area contributed by atoms with Crippen LogP contribution in [0.4, 0.5) is 0 Å². The molecule has 0 bridgehead atoms. The van der Waals surface area contributed by atoms with Crippen LogP contribution in [-0.2, 0) is 0 Å². The van der Waals surface area contributed by atoms with Crippen molar-refractivity contribution in [1.82, 2.24) is 14.7 Å². The first-order valence-corrected chi connectivity index (χ1v) is 9.94. The fourth-order valence-corrected chi connectivity index (χ4v) is 4.29. The van der Waals surface area contributed by atoms with Crippen LogP contribution in [0.2, 0.25) is 0 Å². The van der Waals surface area contributed by atoms with E-state index in [0.29, 0.717) is 52.8 Å². The Hall–Kier alpha value is -3.15. The first kappa shape index (κ1) is 19.2. The van der Waals surface area contributed by atoms with Crippen LogP contribution in [0.15, 0.2) is 53.3 Å². The molecule has 2 atom stereocenters. The van der Waals surface area contributed by atoms with Gasteiger partial charge in [-0.1, -0.05) is 44.2 Å². The highest BCUT2D eigenvalue weighted by molar-refractivity contribution is 6.04. The van der Waals surface area contributed by atoms with Gasteiger partial charge in [-0.3, -0.25) is 9.59 Å². The molecule has 2 unspecified atom stereocenters. The summed E-state index contributed by atoms with van der Waals surface area (Å²) >= 11 is 0. The molecule has 4 rings (SSSR count). The van der Waals surface area contributed by atoms with Crippen LogP contribution in [0.1, 0.15) is 30.8 Å². The summed E-state index contributed by atoms with van der Waals surface area (Å²) in [4.78, 5) is 28.5. The standard InChI is InChI=1S/C23H25N3O3/c1-15-12-16(2)14-25(13-15)23(28)21-17-8-4-5-9-18(17)22(27)26(24-21)19-10-6-7-11-20(19)29-3/h4-11,15-16H,12-14H2,1-3H3. The van der Waals surface area contributed by atoms with Crippen LogP contribution in [0.3, 0.4) is 0 Å². The van der Waals surface area contributed by atoms with E-state index in [4.69, 9.17) is 4.74 Å². The molecule has 1 amide bonds. The molecule has 29 heavy (non-hydrogen) atoms. The zero-order chi connectivity index (χ0) is 20.5. The van der Waals surface area contributed by atoms with Gasteiger partial charge < -0.3 is 9.64 Å². The van der Waals surface area contributed by atoms with Gasteiger partial charge in [0.15, 0.2) is 5.69 Å². The van der Waals surface area contributed by atoms with Gasteiger partial charge in [-0.05, 0) is 36.5 Å². The van der Waals surface area contributed by atoms with Gasteiger partial charge in [0.1, 0.15) is 11.4 Å². The molecule has 2 aromatic carbocycles. The van der Waals surface area contributed by atoms with Crippen molar-refractivity contribution in [2.24, 2.45) is 11.8 Å². The van der Waals surface area contributed by atoms with E-state index in [1.807, 2.05) is 23.1 Å². The SMILES string of the molecule is COc1ccccc1-n1nc(C(=O)N2CC(C)CC(C)C2)c2ccccc2c1=O. The van der Waals surface area contributed by atoms with Gasteiger partial charge >= 0.3 is 0 Å². The maximum absolute atomic E-state index is 13.5. The van der Waals surface area contributed by atoms with Crippen LogP contribution in [0.25, 0.3) is 16.5 Å². The number of nitrogens with zero attached hydrogens (tertiary/aromatic N) is 3. The maximum Gasteiger partial charge on any atom is 0.279 e. The summed E-state index contributed by atoms with van der Waals surface area (Å²) < 4.78 is 6.70. The third-order valence-corrected chi connectivity index (χ3v) is 5.48. The minimum absolute atomic E-state index is 0.136. The summed E-state index contributed by atoms with van der Waals surface area (Å²) in [5, 5.41) is 5.59. The van der Waals surface area contributed by atoms with Gasteiger partial charge in [-0.15, -0.1) is 0 Å². The number of fused-ring (bicyclic) bond motifs is 1. The summed E-state index contributed by atoms with van der Waals surface area (Å²) in [5.41, 5.74) is 0.537. The molecular formula is C23H25N3O3. The second kappa shape index (κ2) is 7.70. The Labute approximate surface area is 169 Å². The van der Waals surface area contributed by atoms with E-state index in [-0.39, 0.29) is 11.5 Å². The minimum atomic E-state index is -0.276. The number of carbonyl (C=O) groups is 1. The molecule has 0 N–H and O–H groups in total. The zero-order valence-corrected chi connectivity index (χ0v) is 17.0. The van der Waals surface area contributed by atoms with E-state index in [1.54, 1.807) is 37.4 Å². The van der Waals surface area contributed by atoms with Gasteiger partial charge in [0.2, 0.25) is 0 Å². The molecule has 3 aromatic rings. The van der Waals surface area contributed by atoms with Crippen LogP contribution >= 0.6 is 0 Å². The maximum atomic E-state index is 13.5. The average Bonchev–Trinajstić information content (AvgIpc) is 2.73. The van der Waals surface area contributed by atoms with E-state index in [0.717, 1.165) is 6.42 Å². The second-order valence-corrected chi connectivity index (χ2v) is 7.94. The average molecular weight is 391 g/mol. The zero-order valence-electron chi connectivity index (χ0n) is 17.0. The third kappa shape index (κ3) is 3.50. The second-order valence-electron chi connectivity index (χ2n) is 7.94. The number of methoxy groups -OCH3 is 1. The van der Waals surface area contributed by atoms with E-state index < -0.39 is 0 Å². The molecule has 1 aliphatic heterocycles. The number of piperidine rings is 1. The number of amides is 1. The van der Waals surface area contributed by atoms with Crippen LogP contribution in [-0.4, -0.2) is 40.8 Å². The number of ether oxygens (including phenoxy) is 1. The molecule has 1 saturated heterocycles. The number of hydrogen-bond acceptors (Lipinski definition) is 4. The predicted octanol–water partition coefficient (Wildman–Crippen LogP) is 3.51. The quantitative estimate of drug-likeness (QED) is 0.685. The van der Waals surface area contributed by atoms with Gasteiger partial charge in [0.25, 0.3) is 11.5 Å². The highest BCUT2D eigenvalue weighted by Crippen LogP contribution is 2.25. The number of likely N-dealkylation sites (tertiary alicyclic amines) is 1. The van der Waals surface area contributed by atoms with Crippen LogP contribution in [0.5, 0.6) is 5.75 Å². The number of benzene rings is 2. The molecule has 0 saturated carbocycles. The summed E-state index contributed by atoms with van der Waals surface area (Å²) in [6.45, 7) is 5.73. The van der Waals surface area contributed by atoms with Gasteiger partial charge in [-0.25, -0.2) is 0 Å². The van der Waals surface area contributed by atoms with Crippen LogP contribution in [0, 0.1) is 11.8 Å². The van der Waals surface area contributed by atoms with Crippen molar-refractivity contribution < 1.29 is 9.53 Å². The lowest BCUT2D eigenvalue weighted by atomic mass is 9.91. The van der Waals surface area contributed by atoms with Crippen molar-refractivity contribution in [2.45, 2.75) is 20.3 Å². The van der Waals surface area contributed by atoms with E-state index >= 15 is 0 Å². The van der Waals surface area contributed by atoms with Gasteiger partial charge in [-0.2, -0.15) is 9.78 Å². The molecular weight excluding hydrogens is 366 g/mol. The molecule has 6 heteroatoms. The Balaban J connectivity index is 1.91. The Morgan fingerprint density at radius 3 is 2.31 bits per heavy atom. The molecule has 1 aliphatic rings. The Morgan fingerprint density at radius 1 is 1.00 bits per heavy atom. The van der Waals surface area contributed by atoms with Crippen molar-refractivity contribution in [3.8, 4) is 11.4 Å². The Bertz CT molecular complexity index is 1110. The fraction of sp³-hybridized carbons (Fsp3) is 0.348. The molecule has 1 aromatic heterocycles. The van der Waals surface area contributed by atoms with Crippen molar-refractivity contribution in [1.29, 1.82) is 0 Å². The van der Waals surface area contributed by atoms with E-state index in [1.165, 1.54) is 4.68 Å². The molecule has 1 fully saturated rings. The summed E-state index contributed by atoms with van der Waals surface area (Å²) in [6, 6.07) is 14.3. The minimum Gasteiger partial charge on any atom is -0.494 e. The summed E-state index contributed by atoms with van der Waals surface area (Å²) in [6.07, 6.45) is 1.11. The fourth-order valence-electron chi connectivity index (χ4n) is 4.29.